The number of carbonyl (C=O) groups is 2. The molecule has 1 amide bonds. The Bertz CT molecular complexity index is 678. The number of hydrogen-bond donors (Lipinski definition) is 1. The summed E-state index contributed by atoms with van der Waals surface area (Å²) in [6.45, 7) is 4.38. The number of amides is 1. The Kier molecular flexibility index (Phi) is 5.44. The number of hydrogen-bond acceptors (Lipinski definition) is 4. The van der Waals surface area contributed by atoms with Crippen LogP contribution in [0, 0.1) is 5.92 Å². The van der Waals surface area contributed by atoms with E-state index in [2.05, 4.69) is 19.2 Å². The highest BCUT2D eigenvalue weighted by Gasteiger charge is 2.15. The lowest BCUT2D eigenvalue weighted by molar-refractivity contribution is -0.124. The molecule has 2 aromatic rings. The molecule has 5 nitrogen and oxygen atoms in total. The zero-order valence-corrected chi connectivity index (χ0v) is 13.3. The summed E-state index contributed by atoms with van der Waals surface area (Å²) in [4.78, 5) is 23.4. The van der Waals surface area contributed by atoms with Gasteiger partial charge in [-0.15, -0.1) is 0 Å². The van der Waals surface area contributed by atoms with Gasteiger partial charge in [0.2, 0.25) is 5.76 Å². The van der Waals surface area contributed by atoms with Gasteiger partial charge in [-0.1, -0.05) is 25.4 Å². The standard InChI is InChI=1S/C16H18ClNO4/c1-10(2)5-6-18-15(19)9-21-16(20)14-8-11-7-12(17)3-4-13(11)22-14/h3-4,7-8,10H,5-6,9H2,1-2H3,(H,18,19). The van der Waals surface area contributed by atoms with E-state index in [9.17, 15) is 9.59 Å². The molecule has 1 N–H and O–H groups in total. The summed E-state index contributed by atoms with van der Waals surface area (Å²) in [5, 5.41) is 3.95. The van der Waals surface area contributed by atoms with Gasteiger partial charge in [-0.05, 0) is 36.6 Å². The molecule has 22 heavy (non-hydrogen) atoms. The summed E-state index contributed by atoms with van der Waals surface area (Å²) < 4.78 is 10.3. The third kappa shape index (κ3) is 4.49. The van der Waals surface area contributed by atoms with Crippen LogP contribution in [-0.2, 0) is 9.53 Å². The average Bonchev–Trinajstić information content (AvgIpc) is 2.87. The van der Waals surface area contributed by atoms with E-state index in [4.69, 9.17) is 20.8 Å². The molecule has 0 unspecified atom stereocenters. The molecule has 0 fully saturated rings. The minimum absolute atomic E-state index is 0.0484. The molecule has 2 rings (SSSR count). The largest absolute Gasteiger partial charge is 0.450 e. The zero-order chi connectivity index (χ0) is 16.1. The normalized spacial score (nSPS) is 10.9. The zero-order valence-electron chi connectivity index (χ0n) is 12.5. The van der Waals surface area contributed by atoms with Crippen molar-refractivity contribution >= 4 is 34.4 Å². The number of furan rings is 1. The number of benzene rings is 1. The Morgan fingerprint density at radius 3 is 2.82 bits per heavy atom. The smallest absolute Gasteiger partial charge is 0.374 e. The van der Waals surface area contributed by atoms with E-state index in [-0.39, 0.29) is 18.3 Å². The molecule has 0 saturated carbocycles. The molecule has 6 heteroatoms. The lowest BCUT2D eigenvalue weighted by Gasteiger charge is -2.07. The fourth-order valence-corrected chi connectivity index (χ4v) is 2.05. The van der Waals surface area contributed by atoms with Crippen LogP contribution in [0.25, 0.3) is 11.0 Å². The monoisotopic (exact) mass is 323 g/mol. The molecular formula is C16H18ClNO4. The second-order valence-electron chi connectivity index (χ2n) is 5.40. The van der Waals surface area contributed by atoms with Gasteiger partial charge in [-0.2, -0.15) is 0 Å². The van der Waals surface area contributed by atoms with Crippen LogP contribution in [0.4, 0.5) is 0 Å². The molecule has 0 aliphatic rings. The molecule has 1 aromatic heterocycles. The molecule has 0 saturated heterocycles. The molecule has 0 aliphatic heterocycles. The summed E-state index contributed by atoms with van der Waals surface area (Å²) in [5.41, 5.74) is 0.540. The number of nitrogens with one attached hydrogen (secondary N) is 1. The highest BCUT2D eigenvalue weighted by Crippen LogP contribution is 2.23. The summed E-state index contributed by atoms with van der Waals surface area (Å²) in [6, 6.07) is 6.58. The van der Waals surface area contributed by atoms with Crippen molar-refractivity contribution < 1.29 is 18.7 Å². The number of rotatable bonds is 6. The summed E-state index contributed by atoms with van der Waals surface area (Å²) in [7, 11) is 0. The van der Waals surface area contributed by atoms with Gasteiger partial charge in [0, 0.05) is 17.0 Å². The fourth-order valence-electron chi connectivity index (χ4n) is 1.87. The van der Waals surface area contributed by atoms with Crippen molar-refractivity contribution in [2.24, 2.45) is 5.92 Å². The SMILES string of the molecule is CC(C)CCNC(=O)COC(=O)c1cc2cc(Cl)ccc2o1. The van der Waals surface area contributed by atoms with Crippen LogP contribution in [0.5, 0.6) is 0 Å². The first-order valence-electron chi connectivity index (χ1n) is 7.08. The first-order chi connectivity index (χ1) is 10.5. The van der Waals surface area contributed by atoms with Crippen molar-refractivity contribution in [3.05, 3.63) is 35.0 Å². The molecule has 0 spiro atoms. The first-order valence-corrected chi connectivity index (χ1v) is 7.46. The molecule has 1 aromatic carbocycles. The van der Waals surface area contributed by atoms with E-state index in [1.807, 2.05) is 0 Å². The number of ether oxygens (including phenoxy) is 1. The Labute approximate surface area is 133 Å². The molecular weight excluding hydrogens is 306 g/mol. The third-order valence-electron chi connectivity index (χ3n) is 3.06. The van der Waals surface area contributed by atoms with Gasteiger partial charge in [0.1, 0.15) is 5.58 Å². The van der Waals surface area contributed by atoms with E-state index in [1.165, 1.54) is 0 Å². The lowest BCUT2D eigenvalue weighted by Crippen LogP contribution is -2.30. The Morgan fingerprint density at radius 1 is 1.32 bits per heavy atom. The van der Waals surface area contributed by atoms with Crippen LogP contribution in [0.15, 0.2) is 28.7 Å². The van der Waals surface area contributed by atoms with Crippen molar-refractivity contribution in [2.45, 2.75) is 20.3 Å². The van der Waals surface area contributed by atoms with E-state index >= 15 is 0 Å². The predicted molar refractivity (Wildman–Crippen MR) is 84.0 cm³/mol. The molecule has 0 atom stereocenters. The summed E-state index contributed by atoms with van der Waals surface area (Å²) >= 11 is 5.87. The van der Waals surface area contributed by atoms with Gasteiger partial charge in [0.15, 0.2) is 6.61 Å². The number of fused-ring (bicyclic) bond motifs is 1. The highest BCUT2D eigenvalue weighted by molar-refractivity contribution is 6.31. The van der Waals surface area contributed by atoms with Crippen molar-refractivity contribution in [1.29, 1.82) is 0 Å². The number of carbonyl (C=O) groups excluding carboxylic acids is 2. The minimum Gasteiger partial charge on any atom is -0.450 e. The topological polar surface area (TPSA) is 68.5 Å². The van der Waals surface area contributed by atoms with Crippen LogP contribution in [-0.4, -0.2) is 25.0 Å². The molecule has 1 heterocycles. The van der Waals surface area contributed by atoms with Gasteiger partial charge in [0.25, 0.3) is 5.91 Å². The maximum Gasteiger partial charge on any atom is 0.374 e. The number of halogens is 1. The van der Waals surface area contributed by atoms with Crippen LogP contribution in [0.2, 0.25) is 5.02 Å². The van der Waals surface area contributed by atoms with E-state index in [1.54, 1.807) is 24.3 Å². The van der Waals surface area contributed by atoms with Crippen molar-refractivity contribution in [2.75, 3.05) is 13.2 Å². The summed E-state index contributed by atoms with van der Waals surface area (Å²) in [5.74, 6) is -0.447. The summed E-state index contributed by atoms with van der Waals surface area (Å²) in [6.07, 6.45) is 0.879. The predicted octanol–water partition coefficient (Wildman–Crippen LogP) is 3.41. The van der Waals surface area contributed by atoms with Gasteiger partial charge in [-0.3, -0.25) is 4.79 Å². The fraction of sp³-hybridized carbons (Fsp3) is 0.375. The molecule has 0 bridgehead atoms. The maximum atomic E-state index is 11.9. The molecule has 0 radical (unpaired) electrons. The Balaban J connectivity index is 1.87. The molecule has 118 valence electrons. The van der Waals surface area contributed by atoms with Gasteiger partial charge >= 0.3 is 5.97 Å². The Hall–Kier alpha value is -2.01. The number of esters is 1. The van der Waals surface area contributed by atoms with Gasteiger partial charge in [-0.25, -0.2) is 4.79 Å². The van der Waals surface area contributed by atoms with Crippen LogP contribution < -0.4 is 5.32 Å². The lowest BCUT2D eigenvalue weighted by atomic mass is 10.1. The van der Waals surface area contributed by atoms with E-state index in [0.717, 1.165) is 6.42 Å². The highest BCUT2D eigenvalue weighted by atomic mass is 35.5. The molecule has 0 aliphatic carbocycles. The van der Waals surface area contributed by atoms with Crippen LogP contribution >= 0.6 is 11.6 Å². The minimum atomic E-state index is -0.675. The van der Waals surface area contributed by atoms with Gasteiger partial charge < -0.3 is 14.5 Å². The van der Waals surface area contributed by atoms with Crippen molar-refractivity contribution in [1.82, 2.24) is 5.32 Å². The average molecular weight is 324 g/mol. The maximum absolute atomic E-state index is 11.9. The van der Waals surface area contributed by atoms with E-state index < -0.39 is 5.97 Å². The van der Waals surface area contributed by atoms with E-state index in [0.29, 0.717) is 28.5 Å². The van der Waals surface area contributed by atoms with Crippen molar-refractivity contribution in [3.8, 4) is 0 Å². The second kappa shape index (κ2) is 7.31. The second-order valence-corrected chi connectivity index (χ2v) is 5.84. The first kappa shape index (κ1) is 16.4. The van der Waals surface area contributed by atoms with Crippen LogP contribution in [0.1, 0.15) is 30.8 Å². The van der Waals surface area contributed by atoms with Crippen molar-refractivity contribution in [3.63, 3.8) is 0 Å². The third-order valence-corrected chi connectivity index (χ3v) is 3.29. The quantitative estimate of drug-likeness (QED) is 0.827. The Morgan fingerprint density at radius 2 is 2.09 bits per heavy atom. The van der Waals surface area contributed by atoms with Crippen LogP contribution in [0.3, 0.4) is 0 Å². The van der Waals surface area contributed by atoms with Gasteiger partial charge in [0.05, 0.1) is 0 Å².